The van der Waals surface area contributed by atoms with E-state index in [1.807, 2.05) is 6.07 Å². The quantitative estimate of drug-likeness (QED) is 0.453. The van der Waals surface area contributed by atoms with E-state index in [9.17, 15) is 10.1 Å². The minimum absolute atomic E-state index is 0.0271. The SMILES string of the molecule is COc1ccc(CC(Br)CC(C)C)cc1[N+](=O)[O-]. The highest BCUT2D eigenvalue weighted by Crippen LogP contribution is 2.29. The van der Waals surface area contributed by atoms with Crippen LogP contribution in [0.25, 0.3) is 0 Å². The Morgan fingerprint density at radius 2 is 2.11 bits per heavy atom. The third-order valence-corrected chi connectivity index (χ3v) is 3.32. The molecule has 0 saturated heterocycles. The molecule has 0 aliphatic carbocycles. The lowest BCUT2D eigenvalue weighted by atomic mass is 10.0. The molecule has 0 aliphatic rings. The molecule has 100 valence electrons. The first-order valence-electron chi connectivity index (χ1n) is 5.89. The molecule has 1 rings (SSSR count). The van der Waals surface area contributed by atoms with Crippen molar-refractivity contribution in [2.24, 2.45) is 5.92 Å². The molecule has 18 heavy (non-hydrogen) atoms. The topological polar surface area (TPSA) is 52.4 Å². The fraction of sp³-hybridized carbons (Fsp3) is 0.538. The van der Waals surface area contributed by atoms with E-state index in [-0.39, 0.29) is 5.69 Å². The van der Waals surface area contributed by atoms with Crippen LogP contribution in [0.4, 0.5) is 5.69 Å². The fourth-order valence-electron chi connectivity index (χ4n) is 1.86. The van der Waals surface area contributed by atoms with Crippen LogP contribution in [0.5, 0.6) is 5.75 Å². The van der Waals surface area contributed by atoms with Crippen LogP contribution >= 0.6 is 15.9 Å². The summed E-state index contributed by atoms with van der Waals surface area (Å²) in [5.74, 6) is 0.904. The number of nitrogens with zero attached hydrogens (tertiary/aromatic N) is 1. The second-order valence-electron chi connectivity index (χ2n) is 4.69. The smallest absolute Gasteiger partial charge is 0.311 e. The Labute approximate surface area is 116 Å². The summed E-state index contributed by atoms with van der Waals surface area (Å²) in [6, 6.07) is 5.12. The monoisotopic (exact) mass is 315 g/mol. The molecule has 0 spiro atoms. The van der Waals surface area contributed by atoms with E-state index in [0.717, 1.165) is 18.4 Å². The molecule has 0 heterocycles. The van der Waals surface area contributed by atoms with Gasteiger partial charge in [-0.25, -0.2) is 0 Å². The molecule has 0 aromatic heterocycles. The van der Waals surface area contributed by atoms with Gasteiger partial charge >= 0.3 is 5.69 Å². The zero-order chi connectivity index (χ0) is 13.7. The molecule has 0 saturated carbocycles. The highest BCUT2D eigenvalue weighted by Gasteiger charge is 2.16. The average molecular weight is 316 g/mol. The molecule has 1 aromatic rings. The van der Waals surface area contributed by atoms with Gasteiger partial charge < -0.3 is 4.74 Å². The lowest BCUT2D eigenvalue weighted by molar-refractivity contribution is -0.385. The summed E-state index contributed by atoms with van der Waals surface area (Å²) < 4.78 is 4.98. The summed E-state index contributed by atoms with van der Waals surface area (Å²) in [5.41, 5.74) is 0.976. The molecule has 0 fully saturated rings. The normalized spacial score (nSPS) is 12.5. The van der Waals surface area contributed by atoms with E-state index in [1.54, 1.807) is 12.1 Å². The van der Waals surface area contributed by atoms with Crippen molar-refractivity contribution in [3.8, 4) is 5.75 Å². The summed E-state index contributed by atoms with van der Waals surface area (Å²) in [7, 11) is 1.44. The molecule has 0 aliphatic heterocycles. The first-order valence-corrected chi connectivity index (χ1v) is 6.81. The molecule has 0 amide bonds. The van der Waals surface area contributed by atoms with Crippen LogP contribution in [-0.4, -0.2) is 16.9 Å². The number of methoxy groups -OCH3 is 1. The first kappa shape index (κ1) is 15.0. The van der Waals surface area contributed by atoms with Crippen LogP contribution in [0.3, 0.4) is 0 Å². The Morgan fingerprint density at radius 3 is 2.61 bits per heavy atom. The Balaban J connectivity index is 2.85. The van der Waals surface area contributed by atoms with E-state index in [4.69, 9.17) is 4.74 Å². The maximum absolute atomic E-state index is 10.9. The zero-order valence-electron chi connectivity index (χ0n) is 10.9. The van der Waals surface area contributed by atoms with Gasteiger partial charge in [0.2, 0.25) is 0 Å². The number of benzene rings is 1. The second-order valence-corrected chi connectivity index (χ2v) is 5.99. The minimum atomic E-state index is -0.409. The number of hydrogen-bond donors (Lipinski definition) is 0. The third kappa shape index (κ3) is 4.29. The van der Waals surface area contributed by atoms with E-state index < -0.39 is 4.92 Å². The summed E-state index contributed by atoms with van der Waals surface area (Å²) >= 11 is 3.61. The zero-order valence-corrected chi connectivity index (χ0v) is 12.4. The van der Waals surface area contributed by atoms with Gasteiger partial charge in [-0.2, -0.15) is 0 Å². The standard InChI is InChI=1S/C13H18BrNO3/c1-9(2)6-11(14)7-10-4-5-13(18-3)12(8-10)15(16)17/h4-5,8-9,11H,6-7H2,1-3H3. The number of alkyl halides is 1. The summed E-state index contributed by atoms with van der Waals surface area (Å²) in [5, 5.41) is 10.9. The van der Waals surface area contributed by atoms with Gasteiger partial charge in [0.1, 0.15) is 0 Å². The van der Waals surface area contributed by atoms with Crippen LogP contribution in [0.1, 0.15) is 25.8 Å². The number of hydrogen-bond acceptors (Lipinski definition) is 3. The van der Waals surface area contributed by atoms with E-state index in [1.165, 1.54) is 7.11 Å². The molecular weight excluding hydrogens is 298 g/mol. The minimum Gasteiger partial charge on any atom is -0.490 e. The van der Waals surface area contributed by atoms with Gasteiger partial charge in [0, 0.05) is 10.9 Å². The van der Waals surface area contributed by atoms with Crippen molar-refractivity contribution < 1.29 is 9.66 Å². The lowest BCUT2D eigenvalue weighted by Gasteiger charge is -2.12. The molecular formula is C13H18BrNO3. The van der Waals surface area contributed by atoms with Crippen molar-refractivity contribution in [1.82, 2.24) is 0 Å². The Bertz CT molecular complexity index is 421. The highest BCUT2D eigenvalue weighted by atomic mass is 79.9. The van der Waals surface area contributed by atoms with Gasteiger partial charge in [-0.05, 0) is 30.4 Å². The van der Waals surface area contributed by atoms with Crippen molar-refractivity contribution in [3.05, 3.63) is 33.9 Å². The van der Waals surface area contributed by atoms with Crippen molar-refractivity contribution in [1.29, 1.82) is 0 Å². The number of nitro benzene ring substituents is 1. The number of rotatable bonds is 6. The van der Waals surface area contributed by atoms with Crippen LogP contribution < -0.4 is 4.74 Å². The molecule has 1 aromatic carbocycles. The lowest BCUT2D eigenvalue weighted by Crippen LogP contribution is -2.07. The van der Waals surface area contributed by atoms with Crippen LogP contribution in [0.15, 0.2) is 18.2 Å². The second kappa shape index (κ2) is 6.73. The molecule has 0 N–H and O–H groups in total. The first-order chi connectivity index (χ1) is 8.43. The number of ether oxygens (including phenoxy) is 1. The van der Waals surface area contributed by atoms with E-state index in [0.29, 0.717) is 16.5 Å². The molecule has 1 atom stereocenters. The Kier molecular flexibility index (Phi) is 5.59. The van der Waals surface area contributed by atoms with Gasteiger partial charge in [-0.1, -0.05) is 35.8 Å². The molecule has 5 heteroatoms. The van der Waals surface area contributed by atoms with Crippen molar-refractivity contribution >= 4 is 21.6 Å². The molecule has 1 unspecified atom stereocenters. The van der Waals surface area contributed by atoms with Crippen LogP contribution in [0.2, 0.25) is 0 Å². The van der Waals surface area contributed by atoms with Gasteiger partial charge in [0.25, 0.3) is 0 Å². The summed E-state index contributed by atoms with van der Waals surface area (Å²) in [6.07, 6.45) is 1.82. The van der Waals surface area contributed by atoms with Crippen molar-refractivity contribution in [2.75, 3.05) is 7.11 Å². The third-order valence-electron chi connectivity index (χ3n) is 2.62. The predicted molar refractivity (Wildman–Crippen MR) is 75.5 cm³/mol. The van der Waals surface area contributed by atoms with Gasteiger partial charge in [0.15, 0.2) is 5.75 Å². The van der Waals surface area contributed by atoms with E-state index >= 15 is 0 Å². The van der Waals surface area contributed by atoms with Crippen molar-refractivity contribution in [2.45, 2.75) is 31.5 Å². The van der Waals surface area contributed by atoms with Crippen molar-refractivity contribution in [3.63, 3.8) is 0 Å². The maximum atomic E-state index is 10.9. The van der Waals surface area contributed by atoms with Crippen LogP contribution in [0, 0.1) is 16.0 Å². The molecule has 0 radical (unpaired) electrons. The van der Waals surface area contributed by atoms with E-state index in [2.05, 4.69) is 29.8 Å². The Hall–Kier alpha value is -1.10. The summed E-state index contributed by atoms with van der Waals surface area (Å²) in [4.78, 5) is 10.8. The fourth-order valence-corrected chi connectivity index (χ4v) is 2.98. The Morgan fingerprint density at radius 1 is 1.44 bits per heavy atom. The van der Waals surface area contributed by atoms with Crippen LogP contribution in [-0.2, 0) is 6.42 Å². The maximum Gasteiger partial charge on any atom is 0.311 e. The average Bonchev–Trinajstić information content (AvgIpc) is 2.27. The largest absolute Gasteiger partial charge is 0.490 e. The number of halogens is 1. The predicted octanol–water partition coefficient (Wildman–Crippen LogP) is 3.96. The highest BCUT2D eigenvalue weighted by molar-refractivity contribution is 9.09. The van der Waals surface area contributed by atoms with Gasteiger partial charge in [0.05, 0.1) is 12.0 Å². The summed E-state index contributed by atoms with van der Waals surface area (Å²) in [6.45, 7) is 4.31. The molecule has 0 bridgehead atoms. The van der Waals surface area contributed by atoms with Gasteiger partial charge in [-0.15, -0.1) is 0 Å². The number of nitro groups is 1. The molecule has 4 nitrogen and oxygen atoms in total. The van der Waals surface area contributed by atoms with Gasteiger partial charge in [-0.3, -0.25) is 10.1 Å².